The number of likely N-dealkylation sites (N-methyl/N-ethyl adjacent to an activating group) is 1. The van der Waals surface area contributed by atoms with Crippen LogP contribution >= 0.6 is 24.8 Å². The molecule has 2 N–H and O–H groups in total. The molecule has 1 amide bonds. The third-order valence-electron chi connectivity index (χ3n) is 4.49. The number of carbonyl (C=O) groups excluding carboxylic acids is 1. The van der Waals surface area contributed by atoms with Crippen LogP contribution in [0.15, 0.2) is 73.1 Å². The van der Waals surface area contributed by atoms with Gasteiger partial charge in [-0.25, -0.2) is 4.98 Å². The summed E-state index contributed by atoms with van der Waals surface area (Å²) in [5.74, 6) is 0.528. The van der Waals surface area contributed by atoms with Gasteiger partial charge in [-0.15, -0.1) is 24.8 Å². The Morgan fingerprint density at radius 2 is 1.68 bits per heavy atom. The molecular formula is C21H26Cl2N4O. The van der Waals surface area contributed by atoms with E-state index >= 15 is 0 Å². The van der Waals surface area contributed by atoms with Gasteiger partial charge in [0.05, 0.1) is 12.5 Å². The summed E-state index contributed by atoms with van der Waals surface area (Å²) in [5, 5.41) is 0. The van der Waals surface area contributed by atoms with Crippen molar-refractivity contribution < 1.29 is 4.79 Å². The van der Waals surface area contributed by atoms with Crippen molar-refractivity contribution in [2.45, 2.75) is 19.0 Å². The predicted octanol–water partition coefficient (Wildman–Crippen LogP) is 3.48. The SMILES string of the molecule is CN(Cc1nccn1Cc1ccccc1)C(=O)C(CN)c1ccccc1.Cl.Cl. The molecule has 0 aliphatic rings. The molecule has 3 rings (SSSR count). The Labute approximate surface area is 178 Å². The van der Waals surface area contributed by atoms with Gasteiger partial charge in [-0.05, 0) is 11.1 Å². The zero-order valence-corrected chi connectivity index (χ0v) is 17.4. The summed E-state index contributed by atoms with van der Waals surface area (Å²) in [5.41, 5.74) is 8.02. The average molecular weight is 421 g/mol. The van der Waals surface area contributed by atoms with E-state index in [0.717, 1.165) is 17.9 Å². The largest absolute Gasteiger partial charge is 0.338 e. The Morgan fingerprint density at radius 3 is 2.29 bits per heavy atom. The van der Waals surface area contributed by atoms with Crippen LogP contribution in [-0.4, -0.2) is 34.0 Å². The van der Waals surface area contributed by atoms with E-state index in [4.69, 9.17) is 5.73 Å². The Balaban J connectivity index is 0.00000196. The van der Waals surface area contributed by atoms with Crippen molar-refractivity contribution in [2.24, 2.45) is 5.73 Å². The molecule has 0 saturated carbocycles. The number of aromatic nitrogens is 2. The van der Waals surface area contributed by atoms with Gasteiger partial charge in [0.15, 0.2) is 0 Å². The minimum atomic E-state index is -0.335. The number of halogens is 2. The van der Waals surface area contributed by atoms with Crippen LogP contribution in [0.3, 0.4) is 0 Å². The molecule has 3 aromatic rings. The van der Waals surface area contributed by atoms with E-state index in [9.17, 15) is 4.79 Å². The summed E-state index contributed by atoms with van der Waals surface area (Å²) in [6.45, 7) is 1.46. The van der Waals surface area contributed by atoms with Gasteiger partial charge in [-0.3, -0.25) is 4.79 Å². The molecule has 0 fully saturated rings. The molecule has 5 nitrogen and oxygen atoms in total. The second-order valence-corrected chi connectivity index (χ2v) is 6.35. The molecule has 1 unspecified atom stereocenters. The minimum Gasteiger partial charge on any atom is -0.338 e. The lowest BCUT2D eigenvalue weighted by Crippen LogP contribution is -2.35. The van der Waals surface area contributed by atoms with Crippen molar-refractivity contribution in [3.8, 4) is 0 Å². The van der Waals surface area contributed by atoms with E-state index in [1.165, 1.54) is 5.56 Å². The molecule has 0 aliphatic heterocycles. The fourth-order valence-corrected chi connectivity index (χ4v) is 3.04. The van der Waals surface area contributed by atoms with Crippen LogP contribution in [0.4, 0.5) is 0 Å². The Bertz CT molecular complexity index is 840. The van der Waals surface area contributed by atoms with Crippen molar-refractivity contribution in [1.29, 1.82) is 0 Å². The van der Waals surface area contributed by atoms with Crippen molar-refractivity contribution >= 4 is 30.7 Å². The van der Waals surface area contributed by atoms with Gasteiger partial charge in [0, 0.05) is 32.5 Å². The van der Waals surface area contributed by atoms with Crippen LogP contribution in [0.1, 0.15) is 22.9 Å². The van der Waals surface area contributed by atoms with Crippen LogP contribution in [0.2, 0.25) is 0 Å². The lowest BCUT2D eigenvalue weighted by Gasteiger charge is -2.23. The number of benzene rings is 2. The molecule has 0 radical (unpaired) electrons. The number of imidazole rings is 1. The fraction of sp³-hybridized carbons (Fsp3) is 0.238. The number of rotatable bonds is 7. The van der Waals surface area contributed by atoms with Crippen LogP contribution in [-0.2, 0) is 17.9 Å². The van der Waals surface area contributed by atoms with Crippen molar-refractivity contribution in [3.63, 3.8) is 0 Å². The fourth-order valence-electron chi connectivity index (χ4n) is 3.04. The second-order valence-electron chi connectivity index (χ2n) is 6.35. The topological polar surface area (TPSA) is 64.2 Å². The van der Waals surface area contributed by atoms with Crippen LogP contribution < -0.4 is 5.73 Å². The Kier molecular flexibility index (Phi) is 9.73. The van der Waals surface area contributed by atoms with E-state index in [2.05, 4.69) is 21.7 Å². The average Bonchev–Trinajstić information content (AvgIpc) is 3.10. The number of nitrogens with two attached hydrogens (primary N) is 1. The van der Waals surface area contributed by atoms with Crippen molar-refractivity contribution in [1.82, 2.24) is 14.5 Å². The van der Waals surface area contributed by atoms with E-state index in [1.54, 1.807) is 18.1 Å². The first-order chi connectivity index (χ1) is 12.7. The zero-order valence-electron chi connectivity index (χ0n) is 15.8. The van der Waals surface area contributed by atoms with Crippen LogP contribution in [0, 0.1) is 0 Å². The highest BCUT2D eigenvalue weighted by Crippen LogP contribution is 2.18. The molecule has 28 heavy (non-hydrogen) atoms. The molecule has 1 heterocycles. The van der Waals surface area contributed by atoms with Crippen LogP contribution in [0.25, 0.3) is 0 Å². The Morgan fingerprint density at radius 1 is 1.07 bits per heavy atom. The number of hydrogen-bond donors (Lipinski definition) is 1. The van der Waals surface area contributed by atoms with Gasteiger partial charge < -0.3 is 15.2 Å². The third-order valence-corrected chi connectivity index (χ3v) is 4.49. The molecule has 0 bridgehead atoms. The minimum absolute atomic E-state index is 0. The molecule has 1 atom stereocenters. The standard InChI is InChI=1S/C21H24N4O.2ClH/c1-24(21(26)19(14-22)18-10-6-3-7-11-18)16-20-23-12-13-25(20)15-17-8-4-2-5-9-17;;/h2-13,19H,14-16,22H2,1H3;2*1H. The first-order valence-corrected chi connectivity index (χ1v) is 8.73. The molecule has 1 aromatic heterocycles. The van der Waals surface area contributed by atoms with E-state index < -0.39 is 0 Å². The van der Waals surface area contributed by atoms with E-state index in [-0.39, 0.29) is 43.2 Å². The normalized spacial score (nSPS) is 11.1. The molecule has 150 valence electrons. The summed E-state index contributed by atoms with van der Waals surface area (Å²) in [6, 6.07) is 19.9. The third kappa shape index (κ3) is 5.83. The number of nitrogens with zero attached hydrogens (tertiary/aromatic N) is 3. The molecule has 0 saturated heterocycles. The maximum atomic E-state index is 12.9. The highest BCUT2D eigenvalue weighted by atomic mass is 35.5. The predicted molar refractivity (Wildman–Crippen MR) is 117 cm³/mol. The van der Waals surface area contributed by atoms with Crippen molar-refractivity contribution in [2.75, 3.05) is 13.6 Å². The maximum Gasteiger partial charge on any atom is 0.231 e. The van der Waals surface area contributed by atoms with Crippen LogP contribution in [0.5, 0.6) is 0 Å². The summed E-state index contributed by atoms with van der Waals surface area (Å²) in [6.07, 6.45) is 3.71. The van der Waals surface area contributed by atoms with Gasteiger partial charge >= 0.3 is 0 Å². The first-order valence-electron chi connectivity index (χ1n) is 8.73. The van der Waals surface area contributed by atoms with Gasteiger partial charge in [0.2, 0.25) is 5.91 Å². The summed E-state index contributed by atoms with van der Waals surface area (Å²) >= 11 is 0. The highest BCUT2D eigenvalue weighted by molar-refractivity contribution is 5.85. The number of hydrogen-bond acceptors (Lipinski definition) is 3. The monoisotopic (exact) mass is 420 g/mol. The van der Waals surface area contributed by atoms with Gasteiger partial charge in [-0.1, -0.05) is 60.7 Å². The zero-order chi connectivity index (χ0) is 18.4. The van der Waals surface area contributed by atoms with Gasteiger partial charge in [-0.2, -0.15) is 0 Å². The first kappa shape index (κ1) is 23.7. The second kappa shape index (κ2) is 11.5. The maximum absolute atomic E-state index is 12.9. The summed E-state index contributed by atoms with van der Waals surface area (Å²) in [4.78, 5) is 19.0. The smallest absolute Gasteiger partial charge is 0.231 e. The molecular weight excluding hydrogens is 395 g/mol. The highest BCUT2D eigenvalue weighted by Gasteiger charge is 2.23. The molecule has 7 heteroatoms. The van der Waals surface area contributed by atoms with Gasteiger partial charge in [0.1, 0.15) is 5.82 Å². The van der Waals surface area contributed by atoms with Gasteiger partial charge in [0.25, 0.3) is 0 Å². The Hall–Kier alpha value is -2.34. The lowest BCUT2D eigenvalue weighted by molar-refractivity contribution is -0.131. The van der Waals surface area contributed by atoms with E-state index in [0.29, 0.717) is 6.54 Å². The molecule has 0 aliphatic carbocycles. The summed E-state index contributed by atoms with van der Waals surface area (Å²) in [7, 11) is 1.80. The van der Waals surface area contributed by atoms with E-state index in [1.807, 2.05) is 54.7 Å². The number of carbonyl (C=O) groups is 1. The molecule has 0 spiro atoms. The summed E-state index contributed by atoms with van der Waals surface area (Å²) < 4.78 is 2.07. The number of amides is 1. The quantitative estimate of drug-likeness (QED) is 0.636. The lowest BCUT2D eigenvalue weighted by atomic mass is 9.98. The van der Waals surface area contributed by atoms with Crippen molar-refractivity contribution in [3.05, 3.63) is 90.0 Å². The molecule has 2 aromatic carbocycles.